The Morgan fingerprint density at radius 3 is 2.59 bits per heavy atom. The van der Waals surface area contributed by atoms with Gasteiger partial charge >= 0.3 is 0 Å². The number of benzene rings is 1. The quantitative estimate of drug-likeness (QED) is 0.665. The smallest absolute Gasteiger partial charge is 0.224 e. The molecule has 2 aromatic heterocycles. The minimum absolute atomic E-state index is 0.0698. The molecule has 0 fully saturated rings. The summed E-state index contributed by atoms with van der Waals surface area (Å²) in [7, 11) is 1.83. The lowest BCUT2D eigenvalue weighted by Gasteiger charge is -2.09. The highest BCUT2D eigenvalue weighted by Gasteiger charge is 2.18. The summed E-state index contributed by atoms with van der Waals surface area (Å²) in [5, 5.41) is 3.49. The van der Waals surface area contributed by atoms with E-state index in [-0.39, 0.29) is 18.1 Å². The van der Waals surface area contributed by atoms with Gasteiger partial charge in [0.2, 0.25) is 11.7 Å². The molecule has 27 heavy (non-hydrogen) atoms. The highest BCUT2D eigenvalue weighted by molar-refractivity contribution is 6.30. The SMILES string of the molecule is Cc1cc(CNC(=O)Cc2cccnc2)n(C)c1C(=O)c1ccc(Cl)cc1. The van der Waals surface area contributed by atoms with E-state index in [1.807, 2.05) is 30.7 Å². The number of aromatic nitrogens is 2. The summed E-state index contributed by atoms with van der Waals surface area (Å²) in [6, 6.07) is 12.4. The Labute approximate surface area is 163 Å². The fourth-order valence-corrected chi connectivity index (χ4v) is 3.13. The number of nitrogens with one attached hydrogen (secondary N) is 1. The maximum Gasteiger partial charge on any atom is 0.224 e. The number of halogens is 1. The van der Waals surface area contributed by atoms with Crippen molar-refractivity contribution in [3.63, 3.8) is 0 Å². The van der Waals surface area contributed by atoms with Crippen molar-refractivity contribution in [1.29, 1.82) is 0 Å². The summed E-state index contributed by atoms with van der Waals surface area (Å²) in [6.45, 7) is 2.24. The first kappa shape index (κ1) is 18.9. The monoisotopic (exact) mass is 381 g/mol. The highest BCUT2D eigenvalue weighted by atomic mass is 35.5. The van der Waals surface area contributed by atoms with Crippen LogP contribution < -0.4 is 5.32 Å². The van der Waals surface area contributed by atoms with E-state index in [2.05, 4.69) is 10.3 Å². The molecule has 5 nitrogen and oxygen atoms in total. The summed E-state index contributed by atoms with van der Waals surface area (Å²) >= 11 is 5.90. The summed E-state index contributed by atoms with van der Waals surface area (Å²) in [5.41, 5.74) is 3.78. The van der Waals surface area contributed by atoms with Crippen LogP contribution in [0.3, 0.4) is 0 Å². The van der Waals surface area contributed by atoms with Gasteiger partial charge in [-0.1, -0.05) is 17.7 Å². The molecule has 1 amide bonds. The Balaban J connectivity index is 1.71. The molecule has 6 heteroatoms. The lowest BCUT2D eigenvalue weighted by atomic mass is 10.1. The van der Waals surface area contributed by atoms with E-state index in [0.29, 0.717) is 22.8 Å². The summed E-state index contributed by atoms with van der Waals surface area (Å²) < 4.78 is 1.83. The van der Waals surface area contributed by atoms with Crippen LogP contribution in [-0.2, 0) is 24.8 Å². The maximum atomic E-state index is 12.8. The first-order valence-electron chi connectivity index (χ1n) is 8.57. The largest absolute Gasteiger partial charge is 0.350 e. The first-order valence-corrected chi connectivity index (χ1v) is 8.94. The molecule has 2 heterocycles. The van der Waals surface area contributed by atoms with Crippen LogP contribution in [0.2, 0.25) is 5.02 Å². The number of pyridine rings is 1. The van der Waals surface area contributed by atoms with Crippen LogP contribution in [0.25, 0.3) is 0 Å². The molecule has 3 rings (SSSR count). The molecule has 0 atom stereocenters. The van der Waals surface area contributed by atoms with Crippen molar-refractivity contribution >= 4 is 23.3 Å². The molecule has 0 saturated carbocycles. The molecule has 0 aliphatic carbocycles. The zero-order chi connectivity index (χ0) is 19.4. The molecule has 138 valence electrons. The van der Waals surface area contributed by atoms with Crippen LogP contribution in [0, 0.1) is 6.92 Å². The average molecular weight is 382 g/mol. The summed E-state index contributed by atoms with van der Waals surface area (Å²) in [6.07, 6.45) is 3.62. The molecule has 0 spiro atoms. The van der Waals surface area contributed by atoms with E-state index in [1.165, 1.54) is 0 Å². The van der Waals surface area contributed by atoms with E-state index in [1.54, 1.807) is 42.7 Å². The molecule has 1 aromatic carbocycles. The van der Waals surface area contributed by atoms with E-state index in [0.717, 1.165) is 16.8 Å². The van der Waals surface area contributed by atoms with Gasteiger partial charge in [0, 0.05) is 35.7 Å². The number of carbonyl (C=O) groups is 2. The Bertz CT molecular complexity index is 963. The van der Waals surface area contributed by atoms with Gasteiger partial charge in [0.25, 0.3) is 0 Å². The van der Waals surface area contributed by atoms with E-state index < -0.39 is 0 Å². The van der Waals surface area contributed by atoms with Crippen LogP contribution in [0.4, 0.5) is 0 Å². The molecule has 0 bridgehead atoms. The lowest BCUT2D eigenvalue weighted by Crippen LogP contribution is -2.25. The van der Waals surface area contributed by atoms with Crippen molar-refractivity contribution in [2.45, 2.75) is 19.9 Å². The number of nitrogens with zero attached hydrogens (tertiary/aromatic N) is 2. The normalized spacial score (nSPS) is 10.6. The number of carbonyl (C=O) groups excluding carboxylic acids is 2. The minimum atomic E-state index is -0.0903. The maximum absolute atomic E-state index is 12.8. The van der Waals surface area contributed by atoms with E-state index in [4.69, 9.17) is 11.6 Å². The Morgan fingerprint density at radius 2 is 1.93 bits per heavy atom. The Morgan fingerprint density at radius 1 is 1.19 bits per heavy atom. The van der Waals surface area contributed by atoms with Gasteiger partial charge in [0.15, 0.2) is 0 Å². The summed E-state index contributed by atoms with van der Waals surface area (Å²) in [5.74, 6) is -0.160. The van der Waals surface area contributed by atoms with E-state index >= 15 is 0 Å². The zero-order valence-electron chi connectivity index (χ0n) is 15.2. The standard InChI is InChI=1S/C21H20ClN3O2/c1-14-10-18(13-24-19(26)11-15-4-3-9-23-12-15)25(2)20(14)21(27)16-5-7-17(22)8-6-16/h3-10,12H,11,13H2,1-2H3,(H,24,26). The third-order valence-electron chi connectivity index (χ3n) is 4.40. The Hall–Kier alpha value is -2.92. The molecule has 1 N–H and O–H groups in total. The number of rotatable bonds is 6. The number of ketones is 1. The van der Waals surface area contributed by atoms with Crippen molar-refractivity contribution in [2.24, 2.45) is 7.05 Å². The molecule has 3 aromatic rings. The Kier molecular flexibility index (Phi) is 5.72. The second-order valence-corrected chi connectivity index (χ2v) is 6.81. The minimum Gasteiger partial charge on any atom is -0.350 e. The third-order valence-corrected chi connectivity index (χ3v) is 4.65. The number of amides is 1. The van der Waals surface area contributed by atoms with Gasteiger partial charge in [-0.15, -0.1) is 0 Å². The molecule has 0 radical (unpaired) electrons. The van der Waals surface area contributed by atoms with Gasteiger partial charge in [-0.25, -0.2) is 0 Å². The van der Waals surface area contributed by atoms with Gasteiger partial charge in [-0.3, -0.25) is 14.6 Å². The highest BCUT2D eigenvalue weighted by Crippen LogP contribution is 2.19. The molecule has 0 aliphatic rings. The first-order chi connectivity index (χ1) is 13.0. The van der Waals surface area contributed by atoms with Crippen LogP contribution in [-0.4, -0.2) is 21.2 Å². The second kappa shape index (κ2) is 8.18. The van der Waals surface area contributed by atoms with Gasteiger partial charge in [0.1, 0.15) is 0 Å². The van der Waals surface area contributed by atoms with Gasteiger partial charge in [-0.2, -0.15) is 0 Å². The molecule has 0 saturated heterocycles. The summed E-state index contributed by atoms with van der Waals surface area (Å²) in [4.78, 5) is 29.0. The lowest BCUT2D eigenvalue weighted by molar-refractivity contribution is -0.120. The van der Waals surface area contributed by atoms with E-state index in [9.17, 15) is 9.59 Å². The second-order valence-electron chi connectivity index (χ2n) is 6.38. The molecular formula is C21H20ClN3O2. The van der Waals surface area contributed by atoms with Gasteiger partial charge in [-0.05, 0) is 54.4 Å². The molecular weight excluding hydrogens is 362 g/mol. The topological polar surface area (TPSA) is 64.0 Å². The van der Waals surface area contributed by atoms with Crippen molar-refractivity contribution < 1.29 is 9.59 Å². The van der Waals surface area contributed by atoms with Crippen LogP contribution in [0.15, 0.2) is 54.9 Å². The van der Waals surface area contributed by atoms with Gasteiger partial charge < -0.3 is 9.88 Å². The van der Waals surface area contributed by atoms with Crippen molar-refractivity contribution in [3.05, 3.63) is 88.0 Å². The van der Waals surface area contributed by atoms with Crippen LogP contribution >= 0.6 is 11.6 Å². The molecule has 0 aliphatic heterocycles. The van der Waals surface area contributed by atoms with Crippen LogP contribution in [0.1, 0.15) is 32.9 Å². The average Bonchev–Trinajstić information content (AvgIpc) is 2.94. The third kappa shape index (κ3) is 4.44. The predicted molar refractivity (Wildman–Crippen MR) is 105 cm³/mol. The van der Waals surface area contributed by atoms with Gasteiger partial charge in [0.05, 0.1) is 18.7 Å². The number of hydrogen-bond donors (Lipinski definition) is 1. The van der Waals surface area contributed by atoms with Crippen LogP contribution in [0.5, 0.6) is 0 Å². The zero-order valence-corrected chi connectivity index (χ0v) is 16.0. The van der Waals surface area contributed by atoms with Crippen molar-refractivity contribution in [3.8, 4) is 0 Å². The van der Waals surface area contributed by atoms with Crippen molar-refractivity contribution in [1.82, 2.24) is 14.9 Å². The fourth-order valence-electron chi connectivity index (χ4n) is 3.00. The predicted octanol–water partition coefficient (Wildman–Crippen LogP) is 3.47. The number of aryl methyl sites for hydroxylation is 1. The molecule has 0 unspecified atom stereocenters. The fraction of sp³-hybridized carbons (Fsp3) is 0.190. The van der Waals surface area contributed by atoms with Crippen molar-refractivity contribution in [2.75, 3.05) is 0 Å². The number of hydrogen-bond acceptors (Lipinski definition) is 3.